The van der Waals surface area contributed by atoms with E-state index in [1.165, 1.54) is 12.1 Å². The van der Waals surface area contributed by atoms with Gasteiger partial charge in [0, 0.05) is 17.3 Å². The number of carbonyl (C=O) groups is 1. The van der Waals surface area contributed by atoms with Crippen molar-refractivity contribution in [2.45, 2.75) is 13.8 Å². The smallest absolute Gasteiger partial charge is 0.288 e. The molecule has 2 N–H and O–H groups in total. The van der Waals surface area contributed by atoms with Crippen LogP contribution in [0.25, 0.3) is 0 Å². The molecule has 0 fully saturated rings. The van der Waals surface area contributed by atoms with Crippen LogP contribution in [-0.4, -0.2) is 15.9 Å². The summed E-state index contributed by atoms with van der Waals surface area (Å²) in [5, 5.41) is 16.3. The fraction of sp³-hybridized carbons (Fsp3) is 0.125. The van der Waals surface area contributed by atoms with Crippen molar-refractivity contribution in [1.82, 2.24) is 5.32 Å². The minimum atomic E-state index is -0.559. The summed E-state index contributed by atoms with van der Waals surface area (Å²) in [5.74, 6) is -0.349. The Kier molecular flexibility index (Phi) is 5.48. The molecule has 0 aliphatic carbocycles. The van der Waals surface area contributed by atoms with Crippen LogP contribution in [0, 0.1) is 24.0 Å². The molecule has 0 heterocycles. The summed E-state index contributed by atoms with van der Waals surface area (Å²) in [5.41, 5.74) is 2.40. The lowest BCUT2D eigenvalue weighted by atomic mass is 10.1. The van der Waals surface area contributed by atoms with E-state index in [9.17, 15) is 14.9 Å². The van der Waals surface area contributed by atoms with Crippen molar-refractivity contribution in [3.63, 3.8) is 0 Å². The molecule has 0 saturated heterocycles. The molecule has 0 aromatic heterocycles. The number of anilines is 1. The van der Waals surface area contributed by atoms with Crippen LogP contribution < -0.4 is 10.6 Å². The van der Waals surface area contributed by atoms with Crippen molar-refractivity contribution in [2.24, 2.45) is 0 Å². The average Bonchev–Trinajstić information content (AvgIpc) is 2.50. The third kappa shape index (κ3) is 4.27. The van der Waals surface area contributed by atoms with Gasteiger partial charge in [-0.3, -0.25) is 20.2 Å². The number of nitro benzene ring substituents is 1. The van der Waals surface area contributed by atoms with Crippen LogP contribution in [-0.2, 0) is 0 Å². The predicted molar refractivity (Wildman–Crippen MR) is 97.7 cm³/mol. The molecule has 0 aliphatic heterocycles. The lowest BCUT2D eigenvalue weighted by molar-refractivity contribution is -0.384. The largest absolute Gasteiger partial charge is 0.332 e. The van der Waals surface area contributed by atoms with Crippen LogP contribution in [0.15, 0.2) is 36.4 Å². The Morgan fingerprint density at radius 3 is 2.42 bits per heavy atom. The molecule has 0 unspecified atom stereocenters. The zero-order valence-corrected chi connectivity index (χ0v) is 14.5. The molecule has 0 aliphatic rings. The summed E-state index contributed by atoms with van der Waals surface area (Å²) >= 11 is 11.0. The van der Waals surface area contributed by atoms with E-state index in [0.29, 0.717) is 16.8 Å². The van der Waals surface area contributed by atoms with Crippen molar-refractivity contribution in [3.05, 3.63) is 68.2 Å². The zero-order chi connectivity index (χ0) is 17.9. The molecule has 2 rings (SSSR count). The van der Waals surface area contributed by atoms with E-state index in [1.54, 1.807) is 19.1 Å². The van der Waals surface area contributed by atoms with E-state index in [1.807, 2.05) is 19.1 Å². The van der Waals surface area contributed by atoms with Crippen LogP contribution in [0.2, 0.25) is 5.02 Å². The number of hydrogen-bond donors (Lipinski definition) is 2. The van der Waals surface area contributed by atoms with Crippen LogP contribution in [0.4, 0.5) is 11.4 Å². The lowest BCUT2D eigenvalue weighted by Gasteiger charge is -2.12. The summed E-state index contributed by atoms with van der Waals surface area (Å²) in [4.78, 5) is 22.4. The molecule has 24 heavy (non-hydrogen) atoms. The number of nitrogens with zero attached hydrogens (tertiary/aromatic N) is 1. The van der Waals surface area contributed by atoms with E-state index < -0.39 is 4.92 Å². The van der Waals surface area contributed by atoms with Crippen molar-refractivity contribution in [2.75, 3.05) is 5.32 Å². The molecule has 6 nitrogen and oxygen atoms in total. The van der Waals surface area contributed by atoms with Crippen LogP contribution >= 0.6 is 23.8 Å². The SMILES string of the molecule is Cc1ccc(C(=O)NC(=S)Nc2cc(Cl)c([N+](=O)[O-])cc2C)cc1. The minimum absolute atomic E-state index is 0.0132. The van der Waals surface area contributed by atoms with E-state index in [-0.39, 0.29) is 21.7 Å². The molecule has 124 valence electrons. The van der Waals surface area contributed by atoms with Gasteiger partial charge in [0.05, 0.1) is 4.92 Å². The first-order valence-electron chi connectivity index (χ1n) is 6.91. The number of carbonyl (C=O) groups excluding carboxylic acids is 1. The monoisotopic (exact) mass is 363 g/mol. The zero-order valence-electron chi connectivity index (χ0n) is 12.9. The maximum atomic E-state index is 12.1. The maximum absolute atomic E-state index is 12.1. The molecule has 2 aromatic rings. The highest BCUT2D eigenvalue weighted by Gasteiger charge is 2.16. The highest BCUT2D eigenvalue weighted by molar-refractivity contribution is 7.80. The first-order chi connectivity index (χ1) is 11.3. The molecule has 0 spiro atoms. The first-order valence-corrected chi connectivity index (χ1v) is 7.70. The standard InChI is InChI=1S/C16H14ClN3O3S/c1-9-3-5-11(6-4-9)15(21)19-16(24)18-13-8-12(17)14(20(22)23)7-10(13)2/h3-8H,1-2H3,(H2,18,19,21,24). The first kappa shape index (κ1) is 17.8. The average molecular weight is 364 g/mol. The van der Waals surface area contributed by atoms with Crippen molar-refractivity contribution in [3.8, 4) is 0 Å². The molecule has 0 radical (unpaired) electrons. The number of aryl methyl sites for hydroxylation is 2. The Hall–Kier alpha value is -2.51. The highest BCUT2D eigenvalue weighted by atomic mass is 35.5. The van der Waals surface area contributed by atoms with E-state index in [4.69, 9.17) is 23.8 Å². The third-order valence-electron chi connectivity index (χ3n) is 3.28. The number of benzene rings is 2. The van der Waals surface area contributed by atoms with Gasteiger partial charge in [0.1, 0.15) is 5.02 Å². The summed E-state index contributed by atoms with van der Waals surface area (Å²) < 4.78 is 0. The number of thiocarbonyl (C=S) groups is 1. The Morgan fingerprint density at radius 1 is 1.21 bits per heavy atom. The van der Waals surface area contributed by atoms with E-state index in [0.717, 1.165) is 5.56 Å². The van der Waals surface area contributed by atoms with Gasteiger partial charge >= 0.3 is 0 Å². The Bertz CT molecular complexity index is 822. The molecule has 1 amide bonds. The lowest BCUT2D eigenvalue weighted by Crippen LogP contribution is -2.34. The number of amides is 1. The fourth-order valence-corrected chi connectivity index (χ4v) is 2.41. The Labute approximate surface area is 149 Å². The van der Waals surface area contributed by atoms with Gasteiger partial charge < -0.3 is 5.32 Å². The number of halogens is 1. The topological polar surface area (TPSA) is 84.3 Å². The second-order valence-electron chi connectivity index (χ2n) is 5.15. The molecular weight excluding hydrogens is 350 g/mol. The van der Waals surface area contributed by atoms with Gasteiger partial charge in [-0.1, -0.05) is 29.3 Å². The molecule has 0 atom stereocenters. The number of rotatable bonds is 3. The summed E-state index contributed by atoms with van der Waals surface area (Å²) in [6.45, 7) is 3.60. The van der Waals surface area contributed by atoms with Gasteiger partial charge in [-0.05, 0) is 49.8 Å². The van der Waals surface area contributed by atoms with Gasteiger partial charge in [0.2, 0.25) is 0 Å². The molecular formula is C16H14ClN3O3S. The second-order valence-corrected chi connectivity index (χ2v) is 5.97. The van der Waals surface area contributed by atoms with Crippen molar-refractivity contribution < 1.29 is 9.72 Å². The number of nitrogens with one attached hydrogen (secondary N) is 2. The van der Waals surface area contributed by atoms with Crippen LogP contribution in [0.5, 0.6) is 0 Å². The molecule has 8 heteroatoms. The van der Waals surface area contributed by atoms with Gasteiger partial charge in [0.15, 0.2) is 5.11 Å². The molecule has 0 saturated carbocycles. The minimum Gasteiger partial charge on any atom is -0.332 e. The third-order valence-corrected chi connectivity index (χ3v) is 3.79. The Morgan fingerprint density at radius 2 is 1.83 bits per heavy atom. The van der Waals surface area contributed by atoms with Gasteiger partial charge in [0.25, 0.3) is 11.6 Å². The van der Waals surface area contributed by atoms with Gasteiger partial charge in [-0.25, -0.2) is 0 Å². The van der Waals surface area contributed by atoms with Crippen LogP contribution in [0.3, 0.4) is 0 Å². The van der Waals surface area contributed by atoms with Crippen molar-refractivity contribution in [1.29, 1.82) is 0 Å². The second kappa shape index (κ2) is 7.37. The number of nitro groups is 1. The van der Waals surface area contributed by atoms with Gasteiger partial charge in [-0.15, -0.1) is 0 Å². The highest BCUT2D eigenvalue weighted by Crippen LogP contribution is 2.30. The van der Waals surface area contributed by atoms with Crippen LogP contribution in [0.1, 0.15) is 21.5 Å². The normalized spacial score (nSPS) is 10.1. The Balaban J connectivity index is 2.09. The summed E-state index contributed by atoms with van der Waals surface area (Å²) in [7, 11) is 0. The maximum Gasteiger partial charge on any atom is 0.288 e. The fourth-order valence-electron chi connectivity index (χ4n) is 1.97. The quantitative estimate of drug-likeness (QED) is 0.489. The van der Waals surface area contributed by atoms with E-state index >= 15 is 0 Å². The van der Waals surface area contributed by atoms with E-state index in [2.05, 4.69) is 10.6 Å². The number of hydrogen-bond acceptors (Lipinski definition) is 4. The van der Waals surface area contributed by atoms with Gasteiger partial charge in [-0.2, -0.15) is 0 Å². The summed E-state index contributed by atoms with van der Waals surface area (Å²) in [6.07, 6.45) is 0. The summed E-state index contributed by atoms with van der Waals surface area (Å²) in [6, 6.07) is 9.79. The molecule has 0 bridgehead atoms. The predicted octanol–water partition coefficient (Wildman–Crippen LogP) is 3.99. The molecule has 2 aromatic carbocycles. The van der Waals surface area contributed by atoms with Crippen molar-refractivity contribution >= 4 is 46.2 Å².